The summed E-state index contributed by atoms with van der Waals surface area (Å²) < 4.78 is 62.8. The van der Waals surface area contributed by atoms with Crippen molar-refractivity contribution in [1.82, 2.24) is 10.2 Å². The van der Waals surface area contributed by atoms with Gasteiger partial charge in [-0.05, 0) is 50.2 Å². The maximum atomic E-state index is 13.2. The van der Waals surface area contributed by atoms with Crippen LogP contribution in [0.5, 0.6) is 11.5 Å². The van der Waals surface area contributed by atoms with Crippen molar-refractivity contribution in [3.05, 3.63) is 59.7 Å². The first-order valence-electron chi connectivity index (χ1n) is 10.8. The third kappa shape index (κ3) is 8.15. The summed E-state index contributed by atoms with van der Waals surface area (Å²) in [5.74, 6) is -3.62. The van der Waals surface area contributed by atoms with Crippen LogP contribution in [0, 0.1) is 23.3 Å². The van der Waals surface area contributed by atoms with Crippen molar-refractivity contribution in [2.24, 2.45) is 0 Å². The van der Waals surface area contributed by atoms with Gasteiger partial charge in [-0.3, -0.25) is 0 Å². The fourth-order valence-corrected chi connectivity index (χ4v) is 3.55. The fourth-order valence-electron chi connectivity index (χ4n) is 3.55. The molecule has 2 aromatic rings. The molecule has 0 spiro atoms. The van der Waals surface area contributed by atoms with Gasteiger partial charge < -0.3 is 29.9 Å². The van der Waals surface area contributed by atoms with E-state index >= 15 is 0 Å². The number of hydrogen-bond acceptors (Lipinski definition) is 6. The molecule has 0 saturated carbocycles. The Labute approximate surface area is 189 Å². The average molecular weight is 472 g/mol. The Hall–Kier alpha value is -2.40. The van der Waals surface area contributed by atoms with Crippen LogP contribution in [-0.2, 0) is 0 Å². The van der Waals surface area contributed by atoms with Gasteiger partial charge in [0, 0.05) is 31.3 Å². The van der Waals surface area contributed by atoms with Gasteiger partial charge in [-0.15, -0.1) is 0 Å². The van der Waals surface area contributed by atoms with Gasteiger partial charge >= 0.3 is 0 Å². The molecule has 182 valence electrons. The van der Waals surface area contributed by atoms with Crippen molar-refractivity contribution in [2.45, 2.75) is 31.1 Å². The van der Waals surface area contributed by atoms with E-state index < -0.39 is 35.5 Å². The molecule has 1 heterocycles. The van der Waals surface area contributed by atoms with Gasteiger partial charge in [-0.2, -0.15) is 0 Å². The van der Waals surface area contributed by atoms with Crippen molar-refractivity contribution < 1.29 is 37.2 Å². The first kappa shape index (κ1) is 25.2. The number of aliphatic hydroxyl groups is 2. The van der Waals surface area contributed by atoms with Gasteiger partial charge in [0.25, 0.3) is 0 Å². The lowest BCUT2D eigenvalue weighted by Crippen LogP contribution is -2.47. The van der Waals surface area contributed by atoms with Crippen molar-refractivity contribution in [3.63, 3.8) is 0 Å². The van der Waals surface area contributed by atoms with Gasteiger partial charge in [-0.1, -0.05) is 0 Å². The SMILES string of the molecule is OC(CNC1CCN(CC(O)COc2ccc(F)c(F)c2)CC1)COc1ccc(F)c(F)c1. The summed E-state index contributed by atoms with van der Waals surface area (Å²) in [7, 11) is 0. The molecule has 0 amide bonds. The quantitative estimate of drug-likeness (QED) is 0.437. The monoisotopic (exact) mass is 472 g/mol. The summed E-state index contributed by atoms with van der Waals surface area (Å²) >= 11 is 0. The molecule has 0 aromatic heterocycles. The van der Waals surface area contributed by atoms with Gasteiger partial charge in [0.1, 0.15) is 36.9 Å². The number of nitrogens with one attached hydrogen (secondary N) is 1. The van der Waals surface area contributed by atoms with E-state index in [9.17, 15) is 27.8 Å². The summed E-state index contributed by atoms with van der Waals surface area (Å²) in [6.07, 6.45) is 0.0328. The third-order valence-electron chi connectivity index (χ3n) is 5.37. The van der Waals surface area contributed by atoms with Crippen molar-refractivity contribution in [3.8, 4) is 11.5 Å². The van der Waals surface area contributed by atoms with E-state index in [1.54, 1.807) is 0 Å². The number of likely N-dealkylation sites (tertiary alicyclic amines) is 1. The Bertz CT molecular complexity index is 897. The van der Waals surface area contributed by atoms with E-state index in [-0.39, 0.29) is 30.8 Å². The molecule has 1 aliphatic heterocycles. The maximum absolute atomic E-state index is 13.2. The van der Waals surface area contributed by atoms with Crippen molar-refractivity contribution in [2.75, 3.05) is 39.4 Å². The largest absolute Gasteiger partial charge is 0.491 e. The van der Waals surface area contributed by atoms with Gasteiger partial charge in [0.05, 0.1) is 0 Å². The number of piperidine rings is 1. The lowest BCUT2D eigenvalue weighted by Gasteiger charge is -2.33. The van der Waals surface area contributed by atoms with E-state index in [1.165, 1.54) is 12.1 Å². The molecule has 0 bridgehead atoms. The molecular weight excluding hydrogens is 444 g/mol. The van der Waals surface area contributed by atoms with E-state index in [1.807, 2.05) is 0 Å². The molecule has 10 heteroatoms. The van der Waals surface area contributed by atoms with Crippen LogP contribution >= 0.6 is 0 Å². The van der Waals surface area contributed by atoms with E-state index in [2.05, 4.69) is 10.2 Å². The molecule has 1 fully saturated rings. The van der Waals surface area contributed by atoms with Crippen LogP contribution in [0.1, 0.15) is 12.8 Å². The second kappa shape index (κ2) is 12.2. The first-order valence-corrected chi connectivity index (χ1v) is 10.8. The molecule has 0 aliphatic carbocycles. The number of ether oxygens (including phenoxy) is 2. The average Bonchev–Trinajstić information content (AvgIpc) is 2.80. The standard InChI is InChI=1S/C23H28F4N2O4/c24-20-3-1-18(9-22(20)26)32-13-16(30)11-28-15-5-7-29(8-6-15)12-17(31)14-33-19-2-4-21(25)23(27)10-19/h1-4,9-10,15-17,28,30-31H,5-8,11-14H2. The fraction of sp³-hybridized carbons (Fsp3) is 0.478. The first-order chi connectivity index (χ1) is 15.8. The Kier molecular flexibility index (Phi) is 9.30. The predicted octanol–water partition coefficient (Wildman–Crippen LogP) is 2.48. The van der Waals surface area contributed by atoms with E-state index in [4.69, 9.17) is 9.47 Å². The molecule has 0 radical (unpaired) electrons. The number of β-amino-alcohol motifs (C(OH)–C–C–N with tert-alkyl or cyclic N) is 1. The predicted molar refractivity (Wildman–Crippen MR) is 113 cm³/mol. The smallest absolute Gasteiger partial charge is 0.162 e. The number of halogens is 4. The van der Waals surface area contributed by atoms with Crippen LogP contribution in [0.3, 0.4) is 0 Å². The Morgan fingerprint density at radius 1 is 0.818 bits per heavy atom. The Balaban J connectivity index is 1.29. The zero-order valence-corrected chi connectivity index (χ0v) is 18.0. The molecule has 6 nitrogen and oxygen atoms in total. The van der Waals surface area contributed by atoms with E-state index in [0.29, 0.717) is 13.1 Å². The highest BCUT2D eigenvalue weighted by Gasteiger charge is 2.22. The molecule has 33 heavy (non-hydrogen) atoms. The highest BCUT2D eigenvalue weighted by atomic mass is 19.2. The second-order valence-electron chi connectivity index (χ2n) is 8.06. The van der Waals surface area contributed by atoms with Crippen molar-refractivity contribution in [1.29, 1.82) is 0 Å². The number of benzene rings is 2. The molecule has 3 rings (SSSR count). The van der Waals surface area contributed by atoms with E-state index in [0.717, 1.165) is 50.2 Å². The number of rotatable bonds is 11. The third-order valence-corrected chi connectivity index (χ3v) is 5.37. The molecule has 1 saturated heterocycles. The molecular formula is C23H28F4N2O4. The van der Waals surface area contributed by atoms with Crippen LogP contribution in [0.25, 0.3) is 0 Å². The van der Waals surface area contributed by atoms with Crippen molar-refractivity contribution >= 4 is 0 Å². The number of hydrogen-bond donors (Lipinski definition) is 3. The second-order valence-corrected chi connectivity index (χ2v) is 8.06. The highest BCUT2D eigenvalue weighted by molar-refractivity contribution is 5.24. The normalized spacial score (nSPS) is 17.0. The van der Waals surface area contributed by atoms with Gasteiger partial charge in [-0.25, -0.2) is 17.6 Å². The van der Waals surface area contributed by atoms with Crippen LogP contribution in [0.2, 0.25) is 0 Å². The lowest BCUT2D eigenvalue weighted by atomic mass is 10.0. The summed E-state index contributed by atoms with van der Waals surface area (Å²) in [6, 6.07) is 6.61. The molecule has 1 aliphatic rings. The molecule has 3 N–H and O–H groups in total. The lowest BCUT2D eigenvalue weighted by molar-refractivity contribution is 0.0555. The minimum absolute atomic E-state index is 0.0343. The zero-order valence-electron chi connectivity index (χ0n) is 18.0. The number of aliphatic hydroxyl groups excluding tert-OH is 2. The Morgan fingerprint density at radius 2 is 1.33 bits per heavy atom. The summed E-state index contributed by atoms with van der Waals surface area (Å²) in [4.78, 5) is 2.08. The van der Waals surface area contributed by atoms with Crippen LogP contribution in [0.15, 0.2) is 36.4 Å². The molecule has 2 aromatic carbocycles. The molecule has 2 atom stereocenters. The number of nitrogens with zero attached hydrogens (tertiary/aromatic N) is 1. The van der Waals surface area contributed by atoms with Crippen LogP contribution in [0.4, 0.5) is 17.6 Å². The minimum Gasteiger partial charge on any atom is -0.491 e. The van der Waals surface area contributed by atoms with Crippen LogP contribution < -0.4 is 14.8 Å². The Morgan fingerprint density at radius 3 is 1.85 bits per heavy atom. The highest BCUT2D eigenvalue weighted by Crippen LogP contribution is 2.17. The summed E-state index contributed by atoms with van der Waals surface area (Å²) in [6.45, 7) is 2.07. The summed E-state index contributed by atoms with van der Waals surface area (Å²) in [5, 5.41) is 23.5. The maximum Gasteiger partial charge on any atom is 0.162 e. The van der Waals surface area contributed by atoms with Crippen LogP contribution in [-0.4, -0.2) is 72.8 Å². The minimum atomic E-state index is -1.01. The zero-order chi connectivity index (χ0) is 23.8. The topological polar surface area (TPSA) is 74.2 Å². The van der Waals surface area contributed by atoms with Gasteiger partial charge in [0.2, 0.25) is 0 Å². The van der Waals surface area contributed by atoms with Gasteiger partial charge in [0.15, 0.2) is 23.3 Å². The molecule has 2 unspecified atom stereocenters. The summed E-state index contributed by atoms with van der Waals surface area (Å²) in [5.41, 5.74) is 0.